The molecule has 0 unspecified atom stereocenters. The summed E-state index contributed by atoms with van der Waals surface area (Å²) in [4.78, 5) is 13.0. The number of nitrogens with zero attached hydrogens (tertiary/aromatic N) is 1. The Labute approximate surface area is 92.3 Å². The largest absolute Gasteiger partial charge is 0.444 e. The van der Waals surface area contributed by atoms with Crippen molar-refractivity contribution in [3.05, 3.63) is 0 Å². The summed E-state index contributed by atoms with van der Waals surface area (Å²) >= 11 is 3.29. The Bertz CT molecular complexity index is 217. The number of rotatable bonds is 0. The number of alkyl halides is 1. The third kappa shape index (κ3) is 3.13. The fourth-order valence-electron chi connectivity index (χ4n) is 1.22. The van der Waals surface area contributed by atoms with Gasteiger partial charge in [0, 0.05) is 6.54 Å². The molecular weight excluding hydrogens is 250 g/mol. The number of ether oxygens (including phenoxy) is 1. The van der Waals surface area contributed by atoms with Crippen molar-refractivity contribution in [3.63, 3.8) is 0 Å². The first-order valence-corrected chi connectivity index (χ1v) is 5.51. The Morgan fingerprint density at radius 3 is 2.43 bits per heavy atom. The van der Waals surface area contributed by atoms with Crippen LogP contribution in [0.1, 0.15) is 20.8 Å². The predicted molar refractivity (Wildman–Crippen MR) is 56.5 cm³/mol. The highest BCUT2D eigenvalue weighted by Gasteiger charge is 2.34. The quantitative estimate of drug-likeness (QED) is 0.673. The van der Waals surface area contributed by atoms with Gasteiger partial charge in [-0.25, -0.2) is 4.79 Å². The molecule has 1 N–H and O–H groups in total. The van der Waals surface area contributed by atoms with Crippen molar-refractivity contribution in [2.75, 3.05) is 13.1 Å². The molecule has 4 nitrogen and oxygen atoms in total. The summed E-state index contributed by atoms with van der Waals surface area (Å²) in [5.74, 6) is 0. The molecule has 0 aromatic rings. The minimum Gasteiger partial charge on any atom is -0.444 e. The Morgan fingerprint density at radius 1 is 1.50 bits per heavy atom. The van der Waals surface area contributed by atoms with E-state index in [2.05, 4.69) is 15.9 Å². The van der Waals surface area contributed by atoms with Gasteiger partial charge in [0.2, 0.25) is 0 Å². The fraction of sp³-hybridized carbons (Fsp3) is 0.889. The highest BCUT2D eigenvalue weighted by atomic mass is 79.9. The van der Waals surface area contributed by atoms with E-state index in [1.165, 1.54) is 4.90 Å². The third-order valence-electron chi connectivity index (χ3n) is 1.87. The first-order valence-electron chi connectivity index (χ1n) is 4.59. The van der Waals surface area contributed by atoms with E-state index in [-0.39, 0.29) is 10.9 Å². The van der Waals surface area contributed by atoms with E-state index in [0.29, 0.717) is 13.1 Å². The zero-order chi connectivity index (χ0) is 10.9. The van der Waals surface area contributed by atoms with Gasteiger partial charge in [-0.2, -0.15) is 0 Å². The number of aliphatic hydroxyl groups excluding tert-OH is 1. The summed E-state index contributed by atoms with van der Waals surface area (Å²) in [6.07, 6.45) is -0.860. The molecule has 82 valence electrons. The lowest BCUT2D eigenvalue weighted by atomic mass is 10.2. The number of amides is 1. The van der Waals surface area contributed by atoms with E-state index in [9.17, 15) is 9.90 Å². The first-order chi connectivity index (χ1) is 6.29. The Balaban J connectivity index is 2.48. The molecule has 2 atom stereocenters. The molecule has 0 aromatic carbocycles. The number of hydrogen-bond acceptors (Lipinski definition) is 3. The van der Waals surface area contributed by atoms with Crippen LogP contribution in [0.15, 0.2) is 0 Å². The zero-order valence-corrected chi connectivity index (χ0v) is 10.2. The van der Waals surface area contributed by atoms with Gasteiger partial charge in [0.15, 0.2) is 0 Å². The van der Waals surface area contributed by atoms with Crippen LogP contribution in [0.2, 0.25) is 0 Å². The second-order valence-corrected chi connectivity index (χ2v) is 5.64. The van der Waals surface area contributed by atoms with E-state index in [1.54, 1.807) is 0 Å². The van der Waals surface area contributed by atoms with Gasteiger partial charge in [-0.15, -0.1) is 0 Å². The second-order valence-electron chi connectivity index (χ2n) is 4.47. The monoisotopic (exact) mass is 265 g/mol. The zero-order valence-electron chi connectivity index (χ0n) is 8.66. The van der Waals surface area contributed by atoms with Crippen molar-refractivity contribution >= 4 is 22.0 Å². The van der Waals surface area contributed by atoms with Crippen LogP contribution in [0.4, 0.5) is 4.79 Å². The van der Waals surface area contributed by atoms with Crippen LogP contribution >= 0.6 is 15.9 Å². The number of carbonyl (C=O) groups excluding carboxylic acids is 1. The number of β-amino-alcohol motifs (C(OH)–C–C–N with tert-alkyl or cyclic N) is 1. The average molecular weight is 266 g/mol. The molecule has 0 bridgehead atoms. The van der Waals surface area contributed by atoms with E-state index < -0.39 is 11.7 Å². The summed E-state index contributed by atoms with van der Waals surface area (Å²) in [6.45, 7) is 6.30. The summed E-state index contributed by atoms with van der Waals surface area (Å²) in [5.41, 5.74) is -0.480. The molecule has 1 amide bonds. The molecule has 1 heterocycles. The van der Waals surface area contributed by atoms with E-state index in [1.807, 2.05) is 20.8 Å². The number of halogens is 1. The van der Waals surface area contributed by atoms with Gasteiger partial charge >= 0.3 is 6.09 Å². The molecule has 5 heteroatoms. The fourth-order valence-corrected chi connectivity index (χ4v) is 1.74. The van der Waals surface area contributed by atoms with Gasteiger partial charge in [0.25, 0.3) is 0 Å². The molecule has 0 spiro atoms. The molecule has 0 saturated carbocycles. The van der Waals surface area contributed by atoms with Crippen LogP contribution in [-0.2, 0) is 4.74 Å². The number of carbonyl (C=O) groups is 1. The maximum Gasteiger partial charge on any atom is 0.410 e. The molecule has 14 heavy (non-hydrogen) atoms. The second kappa shape index (κ2) is 4.06. The van der Waals surface area contributed by atoms with Crippen LogP contribution < -0.4 is 0 Å². The Kier molecular flexibility index (Phi) is 3.42. The molecule has 0 aromatic heterocycles. The number of aliphatic hydroxyl groups is 1. The lowest BCUT2D eigenvalue weighted by Crippen LogP contribution is -2.35. The van der Waals surface area contributed by atoms with Gasteiger partial charge in [0.1, 0.15) is 5.60 Å². The molecule has 0 radical (unpaired) electrons. The Morgan fingerprint density at radius 2 is 2.07 bits per heavy atom. The SMILES string of the molecule is CC(C)(C)OC(=O)N1C[C@@H](O)[C@@H](Br)C1. The van der Waals surface area contributed by atoms with Crippen LogP contribution in [0, 0.1) is 0 Å². The minimum absolute atomic E-state index is 0.0463. The molecule has 1 aliphatic heterocycles. The molecule has 1 rings (SSSR count). The number of hydrogen-bond donors (Lipinski definition) is 1. The van der Waals surface area contributed by atoms with Crippen molar-refractivity contribution in [1.82, 2.24) is 4.90 Å². The maximum atomic E-state index is 11.5. The molecular formula is C9H16BrNO3. The van der Waals surface area contributed by atoms with E-state index in [4.69, 9.17) is 4.74 Å². The van der Waals surface area contributed by atoms with Gasteiger partial charge < -0.3 is 14.7 Å². The normalized spacial score (nSPS) is 27.9. The smallest absolute Gasteiger partial charge is 0.410 e. The lowest BCUT2D eigenvalue weighted by molar-refractivity contribution is 0.0270. The average Bonchev–Trinajstić information content (AvgIpc) is 2.28. The van der Waals surface area contributed by atoms with Gasteiger partial charge in [-0.05, 0) is 20.8 Å². The highest BCUT2D eigenvalue weighted by Crippen LogP contribution is 2.19. The highest BCUT2D eigenvalue weighted by molar-refractivity contribution is 9.09. The molecule has 1 fully saturated rings. The van der Waals surface area contributed by atoms with E-state index in [0.717, 1.165) is 0 Å². The summed E-state index contributed by atoms with van der Waals surface area (Å²) in [7, 11) is 0. The number of likely N-dealkylation sites (tertiary alicyclic amines) is 1. The Hall–Kier alpha value is -0.290. The summed E-state index contributed by atoms with van der Waals surface area (Å²) < 4.78 is 5.17. The van der Waals surface area contributed by atoms with E-state index >= 15 is 0 Å². The van der Waals surface area contributed by atoms with Crippen molar-refractivity contribution in [1.29, 1.82) is 0 Å². The first kappa shape index (κ1) is 11.8. The molecule has 1 aliphatic rings. The van der Waals surface area contributed by atoms with Gasteiger partial charge in [-0.1, -0.05) is 15.9 Å². The predicted octanol–water partition coefficient (Wildman–Crippen LogP) is 1.36. The summed E-state index contributed by atoms with van der Waals surface area (Å²) in [5, 5.41) is 9.42. The van der Waals surface area contributed by atoms with Crippen LogP contribution in [0.5, 0.6) is 0 Å². The van der Waals surface area contributed by atoms with Crippen molar-refractivity contribution < 1.29 is 14.6 Å². The van der Waals surface area contributed by atoms with Crippen LogP contribution in [0.3, 0.4) is 0 Å². The third-order valence-corrected chi connectivity index (χ3v) is 2.77. The molecule has 1 saturated heterocycles. The minimum atomic E-state index is -0.498. The van der Waals surface area contributed by atoms with Crippen molar-refractivity contribution in [2.45, 2.75) is 37.3 Å². The van der Waals surface area contributed by atoms with Gasteiger partial charge in [-0.3, -0.25) is 0 Å². The maximum absolute atomic E-state index is 11.5. The van der Waals surface area contributed by atoms with Crippen molar-refractivity contribution in [2.24, 2.45) is 0 Å². The van der Waals surface area contributed by atoms with Crippen molar-refractivity contribution in [3.8, 4) is 0 Å². The topological polar surface area (TPSA) is 49.8 Å². The van der Waals surface area contributed by atoms with Crippen LogP contribution in [-0.4, -0.2) is 45.7 Å². The van der Waals surface area contributed by atoms with Crippen LogP contribution in [0.25, 0.3) is 0 Å². The van der Waals surface area contributed by atoms with Gasteiger partial charge in [0.05, 0.1) is 17.5 Å². The standard InChI is InChI=1S/C9H16BrNO3/c1-9(2,3)14-8(13)11-4-6(10)7(12)5-11/h6-7,12H,4-5H2,1-3H3/t6-,7+/m0/s1. The molecule has 0 aliphatic carbocycles. The lowest BCUT2D eigenvalue weighted by Gasteiger charge is -2.24. The summed E-state index contributed by atoms with van der Waals surface area (Å²) in [6, 6.07) is 0.